The number of carbonyl (C=O) groups is 1. The second-order valence-corrected chi connectivity index (χ2v) is 6.39. The molecule has 0 radical (unpaired) electrons. The lowest BCUT2D eigenvalue weighted by Gasteiger charge is -2.31. The van der Waals surface area contributed by atoms with E-state index in [1.807, 2.05) is 17.0 Å². The molecular formula is C18H25N3O2. The van der Waals surface area contributed by atoms with Gasteiger partial charge >= 0.3 is 6.03 Å². The highest BCUT2D eigenvalue weighted by Crippen LogP contribution is 2.22. The molecule has 124 valence electrons. The number of benzene rings is 1. The number of likely N-dealkylation sites (tertiary alicyclic amines) is 1. The lowest BCUT2D eigenvalue weighted by molar-refractivity contribution is 0.129. The lowest BCUT2D eigenvalue weighted by atomic mass is 9.99. The minimum absolute atomic E-state index is 0.0133. The topological polar surface area (TPSA) is 68.4 Å². The number of nitrogens with one attached hydrogen (secondary N) is 2. The first-order chi connectivity index (χ1) is 11.2. The van der Waals surface area contributed by atoms with Crippen molar-refractivity contribution in [3.05, 3.63) is 35.5 Å². The van der Waals surface area contributed by atoms with Gasteiger partial charge in [0.1, 0.15) is 0 Å². The second-order valence-electron chi connectivity index (χ2n) is 6.39. The smallest absolute Gasteiger partial charge is 0.317 e. The molecule has 1 unspecified atom stereocenters. The predicted octanol–water partition coefficient (Wildman–Crippen LogP) is 2.43. The minimum atomic E-state index is -0.0133. The predicted molar refractivity (Wildman–Crippen MR) is 91.5 cm³/mol. The highest BCUT2D eigenvalue weighted by Gasteiger charge is 2.22. The molecule has 1 aromatic heterocycles. The van der Waals surface area contributed by atoms with Crippen LogP contribution in [0.15, 0.2) is 24.3 Å². The van der Waals surface area contributed by atoms with E-state index in [0.717, 1.165) is 31.3 Å². The molecule has 0 aliphatic carbocycles. The summed E-state index contributed by atoms with van der Waals surface area (Å²) < 4.78 is 0. The number of para-hydroxylation sites is 1. The molecule has 1 aromatic carbocycles. The number of aliphatic hydroxyl groups is 1. The van der Waals surface area contributed by atoms with Gasteiger partial charge in [-0.05, 0) is 43.7 Å². The molecule has 1 aliphatic rings. The van der Waals surface area contributed by atoms with Crippen molar-refractivity contribution in [1.29, 1.82) is 0 Å². The van der Waals surface area contributed by atoms with Crippen LogP contribution in [0.3, 0.4) is 0 Å². The van der Waals surface area contributed by atoms with Gasteiger partial charge in [-0.2, -0.15) is 0 Å². The van der Waals surface area contributed by atoms with Gasteiger partial charge in [0, 0.05) is 42.8 Å². The van der Waals surface area contributed by atoms with Crippen molar-refractivity contribution in [2.45, 2.75) is 26.2 Å². The number of aromatic amines is 1. The van der Waals surface area contributed by atoms with Crippen LogP contribution in [0.1, 0.15) is 24.1 Å². The van der Waals surface area contributed by atoms with E-state index in [9.17, 15) is 9.90 Å². The fraction of sp³-hybridized carbons (Fsp3) is 0.500. The van der Waals surface area contributed by atoms with E-state index in [2.05, 4.69) is 29.4 Å². The maximum atomic E-state index is 12.3. The first-order valence-corrected chi connectivity index (χ1v) is 8.39. The van der Waals surface area contributed by atoms with E-state index in [1.165, 1.54) is 16.6 Å². The summed E-state index contributed by atoms with van der Waals surface area (Å²) in [4.78, 5) is 17.5. The Bertz CT molecular complexity index is 680. The summed E-state index contributed by atoms with van der Waals surface area (Å²) in [7, 11) is 0. The fourth-order valence-corrected chi connectivity index (χ4v) is 3.46. The van der Waals surface area contributed by atoms with Gasteiger partial charge < -0.3 is 20.3 Å². The third-order valence-electron chi connectivity index (χ3n) is 4.74. The molecule has 2 heterocycles. The molecule has 0 bridgehead atoms. The van der Waals surface area contributed by atoms with E-state index in [0.29, 0.717) is 13.1 Å². The Morgan fingerprint density at radius 3 is 3.09 bits per heavy atom. The monoisotopic (exact) mass is 315 g/mol. The number of hydrogen-bond donors (Lipinski definition) is 3. The number of rotatable bonds is 4. The Labute approximate surface area is 136 Å². The zero-order valence-electron chi connectivity index (χ0n) is 13.6. The van der Waals surface area contributed by atoms with Gasteiger partial charge in [-0.25, -0.2) is 4.79 Å². The normalized spacial score (nSPS) is 18.3. The van der Waals surface area contributed by atoms with Crippen molar-refractivity contribution >= 4 is 16.9 Å². The number of amides is 2. The summed E-state index contributed by atoms with van der Waals surface area (Å²) in [5.41, 5.74) is 3.58. The number of urea groups is 1. The quantitative estimate of drug-likeness (QED) is 0.811. The van der Waals surface area contributed by atoms with Gasteiger partial charge in [0.15, 0.2) is 0 Å². The van der Waals surface area contributed by atoms with Gasteiger partial charge in [-0.3, -0.25) is 0 Å². The largest absolute Gasteiger partial charge is 0.396 e. The maximum absolute atomic E-state index is 12.3. The van der Waals surface area contributed by atoms with Crippen molar-refractivity contribution in [3.8, 4) is 0 Å². The van der Waals surface area contributed by atoms with E-state index in [4.69, 9.17) is 0 Å². The number of aliphatic hydroxyl groups excluding tert-OH is 1. The maximum Gasteiger partial charge on any atom is 0.317 e. The highest BCUT2D eigenvalue weighted by molar-refractivity contribution is 5.84. The van der Waals surface area contributed by atoms with Gasteiger partial charge in [-0.1, -0.05) is 18.2 Å². The molecule has 3 rings (SSSR count). The molecule has 0 saturated carbocycles. The fourth-order valence-electron chi connectivity index (χ4n) is 3.46. The standard InChI is InChI=1S/C18H25N3O2/c1-13-15(16-6-2-3-7-17(16)20-13)8-9-19-18(23)21-10-4-5-14(11-21)12-22/h2-3,6-7,14,20,22H,4-5,8-12H2,1H3,(H,19,23). The summed E-state index contributed by atoms with van der Waals surface area (Å²) in [5, 5.41) is 13.5. The van der Waals surface area contributed by atoms with Crippen LogP contribution in [0.4, 0.5) is 4.79 Å². The molecule has 5 heteroatoms. The molecule has 1 atom stereocenters. The highest BCUT2D eigenvalue weighted by atomic mass is 16.3. The average molecular weight is 315 g/mol. The van der Waals surface area contributed by atoms with Gasteiger partial charge in [0.25, 0.3) is 0 Å². The molecule has 1 fully saturated rings. The Kier molecular flexibility index (Phi) is 4.86. The average Bonchev–Trinajstić information content (AvgIpc) is 2.90. The zero-order valence-corrected chi connectivity index (χ0v) is 13.6. The number of H-pyrrole nitrogens is 1. The Morgan fingerprint density at radius 1 is 1.43 bits per heavy atom. The third-order valence-corrected chi connectivity index (χ3v) is 4.74. The zero-order chi connectivity index (χ0) is 16.2. The third kappa shape index (κ3) is 3.50. The Hall–Kier alpha value is -2.01. The number of nitrogens with zero attached hydrogens (tertiary/aromatic N) is 1. The summed E-state index contributed by atoms with van der Waals surface area (Å²) in [6, 6.07) is 8.25. The number of aromatic nitrogens is 1. The Morgan fingerprint density at radius 2 is 2.26 bits per heavy atom. The summed E-state index contributed by atoms with van der Waals surface area (Å²) in [5.74, 6) is 0.227. The van der Waals surface area contributed by atoms with Gasteiger partial charge in [0.2, 0.25) is 0 Å². The molecule has 1 aliphatic heterocycles. The van der Waals surface area contributed by atoms with Crippen LogP contribution >= 0.6 is 0 Å². The van der Waals surface area contributed by atoms with Crippen LogP contribution in [-0.4, -0.2) is 47.3 Å². The molecule has 2 amide bonds. The van der Waals surface area contributed by atoms with E-state index < -0.39 is 0 Å². The SMILES string of the molecule is Cc1[nH]c2ccccc2c1CCNC(=O)N1CCCC(CO)C1. The number of aryl methyl sites for hydroxylation is 1. The molecule has 2 aromatic rings. The van der Waals surface area contributed by atoms with Gasteiger partial charge in [-0.15, -0.1) is 0 Å². The van der Waals surface area contributed by atoms with Crippen molar-refractivity contribution < 1.29 is 9.90 Å². The number of hydrogen-bond acceptors (Lipinski definition) is 2. The number of fused-ring (bicyclic) bond motifs is 1. The van der Waals surface area contributed by atoms with Crippen LogP contribution in [0, 0.1) is 12.8 Å². The lowest BCUT2D eigenvalue weighted by Crippen LogP contribution is -2.46. The van der Waals surface area contributed by atoms with Crippen LogP contribution in [0.2, 0.25) is 0 Å². The number of carbonyl (C=O) groups excluding carboxylic acids is 1. The number of piperidine rings is 1. The van der Waals surface area contributed by atoms with Crippen molar-refractivity contribution in [3.63, 3.8) is 0 Å². The second kappa shape index (κ2) is 7.04. The van der Waals surface area contributed by atoms with E-state index in [-0.39, 0.29) is 18.6 Å². The minimum Gasteiger partial charge on any atom is -0.396 e. The van der Waals surface area contributed by atoms with Crippen LogP contribution in [0.25, 0.3) is 10.9 Å². The summed E-state index contributed by atoms with van der Waals surface area (Å²) >= 11 is 0. The van der Waals surface area contributed by atoms with Crippen molar-refractivity contribution in [2.75, 3.05) is 26.2 Å². The molecule has 0 spiro atoms. The summed E-state index contributed by atoms with van der Waals surface area (Å²) in [6.45, 7) is 4.32. The van der Waals surface area contributed by atoms with E-state index >= 15 is 0 Å². The molecule has 3 N–H and O–H groups in total. The van der Waals surface area contributed by atoms with E-state index in [1.54, 1.807) is 0 Å². The van der Waals surface area contributed by atoms with Gasteiger partial charge in [0.05, 0.1) is 0 Å². The Balaban J connectivity index is 1.56. The van der Waals surface area contributed by atoms with Crippen LogP contribution in [-0.2, 0) is 6.42 Å². The van der Waals surface area contributed by atoms with Crippen molar-refractivity contribution in [2.24, 2.45) is 5.92 Å². The van der Waals surface area contributed by atoms with Crippen LogP contribution < -0.4 is 5.32 Å². The first kappa shape index (κ1) is 15.9. The van der Waals surface area contributed by atoms with Crippen LogP contribution in [0.5, 0.6) is 0 Å². The molecule has 5 nitrogen and oxygen atoms in total. The summed E-state index contributed by atoms with van der Waals surface area (Å²) in [6.07, 6.45) is 2.80. The van der Waals surface area contributed by atoms with Crippen molar-refractivity contribution in [1.82, 2.24) is 15.2 Å². The molecular weight excluding hydrogens is 290 g/mol. The molecule has 1 saturated heterocycles. The molecule has 23 heavy (non-hydrogen) atoms. The first-order valence-electron chi connectivity index (χ1n) is 8.39.